The van der Waals surface area contributed by atoms with E-state index in [4.69, 9.17) is 18.0 Å². The van der Waals surface area contributed by atoms with Crippen LogP contribution in [0.5, 0.6) is 0 Å². The number of rotatable bonds is 2. The quantitative estimate of drug-likeness (QED) is 0.756. The van der Waals surface area contributed by atoms with E-state index in [0.29, 0.717) is 4.99 Å². The van der Waals surface area contributed by atoms with E-state index in [2.05, 4.69) is 21.8 Å². The van der Waals surface area contributed by atoms with Crippen LogP contribution in [0.15, 0.2) is 18.3 Å². The lowest BCUT2D eigenvalue weighted by Crippen LogP contribution is -2.45. The first kappa shape index (κ1) is 11.3. The van der Waals surface area contributed by atoms with Crippen molar-refractivity contribution in [2.24, 2.45) is 5.73 Å². The summed E-state index contributed by atoms with van der Waals surface area (Å²) < 4.78 is 0. The average Bonchev–Trinajstić information content (AvgIpc) is 2.30. The zero-order chi connectivity index (χ0) is 11.5. The Morgan fingerprint density at radius 3 is 2.69 bits per heavy atom. The molecule has 1 aliphatic heterocycles. The molecule has 16 heavy (non-hydrogen) atoms. The Labute approximate surface area is 101 Å². The number of nitrogens with zero attached hydrogens (tertiary/aromatic N) is 3. The van der Waals surface area contributed by atoms with Crippen LogP contribution in [-0.4, -0.2) is 48.1 Å². The second-order valence-electron chi connectivity index (χ2n) is 4.03. The predicted octanol–water partition coefficient (Wildman–Crippen LogP) is 0.468. The summed E-state index contributed by atoms with van der Waals surface area (Å²) in [5.74, 6) is 0. The van der Waals surface area contributed by atoms with Crippen LogP contribution in [0.2, 0.25) is 0 Å². The van der Waals surface area contributed by atoms with Gasteiger partial charge in [-0.3, -0.25) is 4.98 Å². The van der Waals surface area contributed by atoms with E-state index in [-0.39, 0.29) is 0 Å². The van der Waals surface area contributed by atoms with Gasteiger partial charge in [-0.15, -0.1) is 0 Å². The molecule has 0 saturated carbocycles. The summed E-state index contributed by atoms with van der Waals surface area (Å²) in [5.41, 5.74) is 7.48. The van der Waals surface area contributed by atoms with Crippen molar-refractivity contribution in [2.45, 2.75) is 0 Å². The molecule has 0 aromatic carbocycles. The Balaban J connectivity index is 2.23. The van der Waals surface area contributed by atoms with Gasteiger partial charge in [-0.05, 0) is 19.2 Å². The Hall–Kier alpha value is -1.20. The molecule has 5 heteroatoms. The van der Waals surface area contributed by atoms with Gasteiger partial charge in [0, 0.05) is 32.4 Å². The van der Waals surface area contributed by atoms with Gasteiger partial charge in [0.1, 0.15) is 10.7 Å². The predicted molar refractivity (Wildman–Crippen MR) is 69.8 cm³/mol. The molecule has 0 unspecified atom stereocenters. The second-order valence-corrected chi connectivity index (χ2v) is 4.47. The fraction of sp³-hybridized carbons (Fsp3) is 0.455. The van der Waals surface area contributed by atoms with Crippen LogP contribution in [0.3, 0.4) is 0 Å². The maximum atomic E-state index is 5.68. The van der Waals surface area contributed by atoms with Gasteiger partial charge in [0.05, 0.1) is 5.69 Å². The maximum absolute atomic E-state index is 5.68. The third-order valence-electron chi connectivity index (χ3n) is 2.86. The fourth-order valence-electron chi connectivity index (χ4n) is 1.89. The molecule has 2 heterocycles. The molecular formula is C11H16N4S. The van der Waals surface area contributed by atoms with Crippen LogP contribution in [0.4, 0.5) is 5.69 Å². The summed E-state index contributed by atoms with van der Waals surface area (Å²) in [6, 6.07) is 3.96. The number of anilines is 1. The number of aromatic nitrogens is 1. The van der Waals surface area contributed by atoms with E-state index in [1.165, 1.54) is 0 Å². The van der Waals surface area contributed by atoms with Gasteiger partial charge < -0.3 is 15.5 Å². The lowest BCUT2D eigenvalue weighted by atomic mass is 10.2. The van der Waals surface area contributed by atoms with Gasteiger partial charge in [0.25, 0.3) is 0 Å². The number of hydrogen-bond donors (Lipinski definition) is 1. The standard InChI is InChI=1S/C11H16N4S/c1-14-5-7-15(8-6-14)9-3-2-4-13-10(9)11(12)16/h2-4H,5-8H2,1H3,(H2,12,16). The summed E-state index contributed by atoms with van der Waals surface area (Å²) in [7, 11) is 2.13. The summed E-state index contributed by atoms with van der Waals surface area (Å²) in [6.45, 7) is 4.12. The van der Waals surface area contributed by atoms with Crippen LogP contribution < -0.4 is 10.6 Å². The molecule has 0 amide bonds. The molecule has 1 aromatic rings. The first-order chi connectivity index (χ1) is 7.68. The summed E-state index contributed by atoms with van der Waals surface area (Å²) in [4.78, 5) is 9.23. The van der Waals surface area contributed by atoms with Crippen LogP contribution in [-0.2, 0) is 0 Å². The number of likely N-dealkylation sites (N-methyl/N-ethyl adjacent to an activating group) is 1. The van der Waals surface area contributed by atoms with Crippen molar-refractivity contribution in [1.29, 1.82) is 0 Å². The van der Waals surface area contributed by atoms with Crippen molar-refractivity contribution in [3.05, 3.63) is 24.0 Å². The van der Waals surface area contributed by atoms with Gasteiger partial charge in [-0.2, -0.15) is 0 Å². The minimum Gasteiger partial charge on any atom is -0.388 e. The monoisotopic (exact) mass is 236 g/mol. The molecule has 1 aromatic heterocycles. The summed E-state index contributed by atoms with van der Waals surface area (Å²) in [5, 5.41) is 0. The lowest BCUT2D eigenvalue weighted by Gasteiger charge is -2.34. The molecule has 0 spiro atoms. The number of pyridine rings is 1. The molecule has 2 N–H and O–H groups in total. The van der Waals surface area contributed by atoms with E-state index >= 15 is 0 Å². The molecule has 4 nitrogen and oxygen atoms in total. The Kier molecular flexibility index (Phi) is 3.36. The van der Waals surface area contributed by atoms with Crippen LogP contribution in [0, 0.1) is 0 Å². The minimum absolute atomic E-state index is 0.370. The first-order valence-corrected chi connectivity index (χ1v) is 5.77. The highest BCUT2D eigenvalue weighted by atomic mass is 32.1. The topological polar surface area (TPSA) is 45.4 Å². The number of thiocarbonyl (C=S) groups is 1. The van der Waals surface area contributed by atoms with Crippen molar-refractivity contribution in [2.75, 3.05) is 38.1 Å². The van der Waals surface area contributed by atoms with Crippen molar-refractivity contribution >= 4 is 22.9 Å². The second kappa shape index (κ2) is 4.76. The SMILES string of the molecule is CN1CCN(c2cccnc2C(N)=S)CC1. The zero-order valence-corrected chi connectivity index (χ0v) is 10.2. The fourth-order valence-corrected chi connectivity index (χ4v) is 2.05. The van der Waals surface area contributed by atoms with Crippen molar-refractivity contribution < 1.29 is 0 Å². The largest absolute Gasteiger partial charge is 0.388 e. The normalized spacial score (nSPS) is 17.4. The molecule has 0 radical (unpaired) electrons. The van der Waals surface area contributed by atoms with E-state index in [1.54, 1.807) is 6.20 Å². The molecule has 1 saturated heterocycles. The molecular weight excluding hydrogens is 220 g/mol. The molecule has 1 aliphatic rings. The highest BCUT2D eigenvalue weighted by Gasteiger charge is 2.18. The lowest BCUT2D eigenvalue weighted by molar-refractivity contribution is 0.312. The maximum Gasteiger partial charge on any atom is 0.124 e. The van der Waals surface area contributed by atoms with Crippen molar-refractivity contribution in [3.63, 3.8) is 0 Å². The molecule has 0 aliphatic carbocycles. The molecule has 0 atom stereocenters. The van der Waals surface area contributed by atoms with Crippen molar-refractivity contribution in [3.8, 4) is 0 Å². The number of hydrogen-bond acceptors (Lipinski definition) is 4. The zero-order valence-electron chi connectivity index (χ0n) is 9.39. The van der Waals surface area contributed by atoms with Gasteiger partial charge >= 0.3 is 0 Å². The third-order valence-corrected chi connectivity index (χ3v) is 3.06. The van der Waals surface area contributed by atoms with Gasteiger partial charge in [0.15, 0.2) is 0 Å². The van der Waals surface area contributed by atoms with Gasteiger partial charge in [0.2, 0.25) is 0 Å². The molecule has 2 rings (SSSR count). The Bertz CT molecular complexity index is 385. The highest BCUT2D eigenvalue weighted by molar-refractivity contribution is 7.80. The Morgan fingerprint density at radius 2 is 2.06 bits per heavy atom. The van der Waals surface area contributed by atoms with E-state index in [1.807, 2.05) is 12.1 Å². The smallest absolute Gasteiger partial charge is 0.124 e. The number of piperazine rings is 1. The molecule has 1 fully saturated rings. The number of nitrogens with two attached hydrogens (primary N) is 1. The average molecular weight is 236 g/mol. The first-order valence-electron chi connectivity index (χ1n) is 5.37. The Morgan fingerprint density at radius 1 is 1.38 bits per heavy atom. The van der Waals surface area contributed by atoms with Gasteiger partial charge in [-0.25, -0.2) is 0 Å². The van der Waals surface area contributed by atoms with E-state index in [9.17, 15) is 0 Å². The van der Waals surface area contributed by atoms with Crippen LogP contribution >= 0.6 is 12.2 Å². The molecule has 86 valence electrons. The summed E-state index contributed by atoms with van der Waals surface area (Å²) >= 11 is 5.02. The third kappa shape index (κ3) is 2.31. The van der Waals surface area contributed by atoms with Crippen molar-refractivity contribution in [1.82, 2.24) is 9.88 Å². The van der Waals surface area contributed by atoms with Crippen LogP contribution in [0.1, 0.15) is 5.69 Å². The van der Waals surface area contributed by atoms with Crippen LogP contribution in [0.25, 0.3) is 0 Å². The minimum atomic E-state index is 0.370. The van der Waals surface area contributed by atoms with Gasteiger partial charge in [-0.1, -0.05) is 12.2 Å². The molecule has 0 bridgehead atoms. The highest BCUT2D eigenvalue weighted by Crippen LogP contribution is 2.19. The van der Waals surface area contributed by atoms with E-state index < -0.39 is 0 Å². The summed E-state index contributed by atoms with van der Waals surface area (Å²) in [6.07, 6.45) is 1.73. The van der Waals surface area contributed by atoms with E-state index in [0.717, 1.165) is 37.6 Å².